The average molecular weight is 374 g/mol. The fraction of sp³-hybridized carbons (Fsp3) is 0.294. The molecule has 1 aliphatic rings. The van der Waals surface area contributed by atoms with Gasteiger partial charge in [0.2, 0.25) is 5.91 Å². The molecule has 136 valence electrons. The third kappa shape index (κ3) is 3.38. The van der Waals surface area contributed by atoms with Gasteiger partial charge in [-0.05, 0) is 18.9 Å². The molecule has 2 aromatic rings. The molecule has 1 saturated heterocycles. The van der Waals surface area contributed by atoms with Gasteiger partial charge in [-0.15, -0.1) is 11.3 Å². The largest absolute Gasteiger partial charge is 0.480 e. The number of carboxylic acid groups (broad SMARTS) is 1. The molecular weight excluding hydrogens is 356 g/mol. The first-order valence-electron chi connectivity index (χ1n) is 8.00. The van der Waals surface area contributed by atoms with Crippen LogP contribution >= 0.6 is 11.3 Å². The number of hydrogen-bond acceptors (Lipinski definition) is 6. The lowest BCUT2D eigenvalue weighted by Gasteiger charge is -2.43. The molecular formula is C17H18N4O4S. The maximum Gasteiger partial charge on any atom is 0.327 e. The lowest BCUT2D eigenvalue weighted by molar-refractivity contribution is -0.165. The fourth-order valence-corrected chi connectivity index (χ4v) is 3.71. The first-order chi connectivity index (χ1) is 12.4. The second-order valence-corrected chi connectivity index (χ2v) is 7.20. The van der Waals surface area contributed by atoms with E-state index in [0.717, 1.165) is 10.5 Å². The van der Waals surface area contributed by atoms with Crippen LogP contribution in [0.1, 0.15) is 23.4 Å². The van der Waals surface area contributed by atoms with E-state index in [9.17, 15) is 19.5 Å². The number of amides is 3. The second-order valence-electron chi connectivity index (χ2n) is 6.05. The van der Waals surface area contributed by atoms with Gasteiger partial charge in [-0.3, -0.25) is 4.79 Å². The topological polar surface area (TPSA) is 126 Å². The molecule has 9 heteroatoms. The number of β-lactam (4-membered cyclic amide) rings is 1. The van der Waals surface area contributed by atoms with E-state index in [4.69, 9.17) is 5.73 Å². The minimum atomic E-state index is -1.21. The van der Waals surface area contributed by atoms with E-state index in [1.807, 2.05) is 30.3 Å². The number of imide groups is 1. The van der Waals surface area contributed by atoms with Crippen LogP contribution in [0.15, 0.2) is 36.5 Å². The zero-order chi connectivity index (χ0) is 18.8. The van der Waals surface area contributed by atoms with Crippen LogP contribution in [0, 0.1) is 5.92 Å². The van der Waals surface area contributed by atoms with Gasteiger partial charge in [0, 0.05) is 11.1 Å². The van der Waals surface area contributed by atoms with E-state index in [-0.39, 0.29) is 12.5 Å². The van der Waals surface area contributed by atoms with Crippen LogP contribution in [0.2, 0.25) is 0 Å². The zero-order valence-electron chi connectivity index (χ0n) is 14.0. The Labute approximate surface area is 153 Å². The van der Waals surface area contributed by atoms with Crippen molar-refractivity contribution in [2.45, 2.75) is 25.4 Å². The fourth-order valence-electron chi connectivity index (χ4n) is 2.97. The van der Waals surface area contributed by atoms with E-state index < -0.39 is 29.9 Å². The lowest BCUT2D eigenvalue weighted by Crippen LogP contribution is -2.68. The van der Waals surface area contributed by atoms with Crippen LogP contribution in [0.5, 0.6) is 0 Å². The summed E-state index contributed by atoms with van der Waals surface area (Å²) in [6, 6.07) is 6.95. The van der Waals surface area contributed by atoms with Gasteiger partial charge in [0.25, 0.3) is 0 Å². The van der Waals surface area contributed by atoms with Crippen LogP contribution in [0.3, 0.4) is 0 Å². The van der Waals surface area contributed by atoms with Gasteiger partial charge >= 0.3 is 12.0 Å². The number of thiazole rings is 1. The SMILES string of the molecule is CC(NC(=O)N1C(=O)C(Cc2cnc(N)s2)C1C(=O)O)c1ccccc1. The molecule has 3 amide bonds. The standard InChI is InChI=1S/C17H18N4O4S/c1-9(10-5-3-2-4-6-10)20-17(25)21-13(15(23)24)12(14(21)22)7-11-8-19-16(18)26-11/h2-6,8-9,12-13H,7H2,1H3,(H2,18,19)(H,20,25)(H,23,24). The summed E-state index contributed by atoms with van der Waals surface area (Å²) in [5.41, 5.74) is 6.42. The van der Waals surface area contributed by atoms with Crippen LogP contribution in [-0.2, 0) is 16.0 Å². The Morgan fingerprint density at radius 2 is 2.08 bits per heavy atom. The predicted octanol–water partition coefficient (Wildman–Crippen LogP) is 1.65. The summed E-state index contributed by atoms with van der Waals surface area (Å²) < 4.78 is 0. The van der Waals surface area contributed by atoms with Crippen molar-refractivity contribution in [3.05, 3.63) is 47.0 Å². The molecule has 8 nitrogen and oxygen atoms in total. The minimum absolute atomic E-state index is 0.197. The molecule has 3 unspecified atom stereocenters. The van der Waals surface area contributed by atoms with Gasteiger partial charge in [-0.25, -0.2) is 19.5 Å². The summed E-state index contributed by atoms with van der Waals surface area (Å²) >= 11 is 1.20. The molecule has 2 heterocycles. The van der Waals surface area contributed by atoms with E-state index in [2.05, 4.69) is 10.3 Å². The maximum atomic E-state index is 12.4. The Bertz CT molecular complexity index is 838. The highest BCUT2D eigenvalue weighted by Gasteiger charge is 2.54. The number of nitrogen functional groups attached to an aromatic ring is 1. The molecule has 0 bridgehead atoms. The number of urea groups is 1. The molecule has 0 spiro atoms. The quantitative estimate of drug-likeness (QED) is 0.683. The number of nitrogens with one attached hydrogen (secondary N) is 1. The summed E-state index contributed by atoms with van der Waals surface area (Å²) in [6.45, 7) is 1.77. The minimum Gasteiger partial charge on any atom is -0.480 e. The smallest absolute Gasteiger partial charge is 0.327 e. The molecule has 0 aliphatic carbocycles. The highest BCUT2D eigenvalue weighted by atomic mass is 32.1. The molecule has 26 heavy (non-hydrogen) atoms. The highest BCUT2D eigenvalue weighted by molar-refractivity contribution is 7.15. The molecule has 0 radical (unpaired) electrons. The third-order valence-corrected chi connectivity index (χ3v) is 5.17. The second kappa shape index (κ2) is 7.12. The highest BCUT2D eigenvalue weighted by Crippen LogP contribution is 2.32. The van der Waals surface area contributed by atoms with Gasteiger partial charge in [-0.2, -0.15) is 0 Å². The molecule has 3 atom stereocenters. The Morgan fingerprint density at radius 1 is 1.38 bits per heavy atom. The first-order valence-corrected chi connectivity index (χ1v) is 8.81. The molecule has 3 rings (SSSR count). The maximum absolute atomic E-state index is 12.4. The van der Waals surface area contributed by atoms with E-state index in [1.54, 1.807) is 6.92 Å². The molecule has 1 aliphatic heterocycles. The number of aromatic nitrogens is 1. The van der Waals surface area contributed by atoms with E-state index >= 15 is 0 Å². The molecule has 1 aromatic carbocycles. The summed E-state index contributed by atoms with van der Waals surface area (Å²) in [4.78, 5) is 41.8. The van der Waals surface area contributed by atoms with Crippen molar-refractivity contribution in [3.63, 3.8) is 0 Å². The number of nitrogens with zero attached hydrogens (tertiary/aromatic N) is 2. The van der Waals surface area contributed by atoms with Gasteiger partial charge in [0.15, 0.2) is 11.2 Å². The van der Waals surface area contributed by atoms with Gasteiger partial charge in [0.1, 0.15) is 0 Å². The number of hydrogen-bond donors (Lipinski definition) is 3. The molecule has 4 N–H and O–H groups in total. The Balaban J connectivity index is 1.70. The van der Waals surface area contributed by atoms with Gasteiger partial charge < -0.3 is 16.2 Å². The number of carboxylic acids is 1. The lowest BCUT2D eigenvalue weighted by atomic mass is 9.84. The van der Waals surface area contributed by atoms with Crippen molar-refractivity contribution in [2.75, 3.05) is 5.73 Å². The first kappa shape index (κ1) is 17.9. The predicted molar refractivity (Wildman–Crippen MR) is 95.4 cm³/mol. The Kier molecular flexibility index (Phi) is 4.90. The molecule has 1 fully saturated rings. The van der Waals surface area contributed by atoms with Crippen LogP contribution in [-0.4, -0.2) is 38.9 Å². The number of likely N-dealkylation sites (tertiary alicyclic amines) is 1. The Morgan fingerprint density at radius 3 is 2.65 bits per heavy atom. The number of nitrogens with two attached hydrogens (primary N) is 1. The van der Waals surface area contributed by atoms with Crippen LogP contribution in [0.4, 0.5) is 9.93 Å². The zero-order valence-corrected chi connectivity index (χ0v) is 14.8. The summed E-state index contributed by atoms with van der Waals surface area (Å²) in [7, 11) is 0. The van der Waals surface area contributed by atoms with Gasteiger partial charge in [-0.1, -0.05) is 30.3 Å². The van der Waals surface area contributed by atoms with E-state index in [1.165, 1.54) is 17.5 Å². The number of carbonyl (C=O) groups excluding carboxylic acids is 2. The summed E-state index contributed by atoms with van der Waals surface area (Å²) in [6.07, 6.45) is 1.72. The van der Waals surface area contributed by atoms with Crippen molar-refractivity contribution in [2.24, 2.45) is 5.92 Å². The number of aliphatic carboxylic acids is 1. The van der Waals surface area contributed by atoms with Crippen molar-refractivity contribution in [1.82, 2.24) is 15.2 Å². The number of anilines is 1. The van der Waals surface area contributed by atoms with Crippen LogP contribution in [0.25, 0.3) is 0 Å². The number of rotatable bonds is 5. The van der Waals surface area contributed by atoms with Crippen molar-refractivity contribution in [1.29, 1.82) is 0 Å². The summed E-state index contributed by atoms with van der Waals surface area (Å²) in [5, 5.41) is 12.5. The Hall–Kier alpha value is -2.94. The monoisotopic (exact) mass is 374 g/mol. The molecule has 1 aromatic heterocycles. The number of carbonyl (C=O) groups is 3. The third-order valence-electron chi connectivity index (χ3n) is 4.32. The molecule has 0 saturated carbocycles. The average Bonchev–Trinajstić information content (AvgIpc) is 3.02. The normalized spacial score (nSPS) is 20.3. The van der Waals surface area contributed by atoms with Crippen molar-refractivity contribution >= 4 is 34.4 Å². The number of benzene rings is 1. The van der Waals surface area contributed by atoms with Gasteiger partial charge in [0.05, 0.1) is 12.0 Å². The van der Waals surface area contributed by atoms with Crippen LogP contribution < -0.4 is 11.1 Å². The van der Waals surface area contributed by atoms with E-state index in [0.29, 0.717) is 10.0 Å². The van der Waals surface area contributed by atoms with Crippen molar-refractivity contribution in [3.8, 4) is 0 Å². The van der Waals surface area contributed by atoms with Crippen molar-refractivity contribution < 1.29 is 19.5 Å². The summed E-state index contributed by atoms with van der Waals surface area (Å²) in [5.74, 6) is -2.53.